The van der Waals surface area contributed by atoms with Gasteiger partial charge in [0.25, 0.3) is 0 Å². The van der Waals surface area contributed by atoms with E-state index >= 15 is 0 Å². The number of hydrogen-bond acceptors (Lipinski definition) is 4. The molecule has 100 valence electrons. The number of hydrogen-bond donors (Lipinski definition) is 2. The van der Waals surface area contributed by atoms with Crippen LogP contribution in [0.15, 0.2) is 17.1 Å². The van der Waals surface area contributed by atoms with E-state index < -0.39 is 6.10 Å². The van der Waals surface area contributed by atoms with E-state index in [1.54, 1.807) is 11.5 Å². The quantitative estimate of drug-likeness (QED) is 0.820. The van der Waals surface area contributed by atoms with Gasteiger partial charge in [-0.1, -0.05) is 0 Å². The topological polar surface area (TPSA) is 65.7 Å². The molecule has 1 fully saturated rings. The summed E-state index contributed by atoms with van der Waals surface area (Å²) in [6.45, 7) is 4.86. The zero-order valence-electron chi connectivity index (χ0n) is 10.7. The number of aliphatic hydroxyl groups excluding tert-OH is 1. The molecule has 5 nitrogen and oxygen atoms in total. The van der Waals surface area contributed by atoms with Crippen LogP contribution in [0, 0.1) is 0 Å². The van der Waals surface area contributed by atoms with E-state index in [0.717, 1.165) is 18.8 Å². The number of aromatic nitrogens is 1. The maximum atomic E-state index is 11.5. The molecule has 0 aromatic carbocycles. The second-order valence-corrected chi connectivity index (χ2v) is 5.00. The van der Waals surface area contributed by atoms with E-state index in [0.29, 0.717) is 13.1 Å². The first-order valence-electron chi connectivity index (χ1n) is 6.39. The molecule has 0 spiro atoms. The summed E-state index contributed by atoms with van der Waals surface area (Å²) in [5.41, 5.74) is 0.492. The molecule has 0 bridgehead atoms. The molecule has 1 aromatic rings. The van der Waals surface area contributed by atoms with Crippen LogP contribution in [0.1, 0.15) is 25.5 Å². The van der Waals surface area contributed by atoms with Gasteiger partial charge >= 0.3 is 0 Å². The summed E-state index contributed by atoms with van der Waals surface area (Å²) in [5.74, 6) is -0.263. The van der Waals surface area contributed by atoms with Crippen LogP contribution < -0.4 is 5.43 Å². The summed E-state index contributed by atoms with van der Waals surface area (Å²) in [5, 5.41) is 18.9. The van der Waals surface area contributed by atoms with Crippen LogP contribution in [0.5, 0.6) is 5.75 Å². The maximum Gasteiger partial charge on any atom is 0.223 e. The fraction of sp³-hybridized carbons (Fsp3) is 0.615. The zero-order chi connectivity index (χ0) is 13.1. The fourth-order valence-electron chi connectivity index (χ4n) is 2.36. The van der Waals surface area contributed by atoms with E-state index in [2.05, 4.69) is 4.90 Å². The number of nitrogens with zero attached hydrogens (tertiary/aromatic N) is 2. The van der Waals surface area contributed by atoms with Gasteiger partial charge in [-0.15, -0.1) is 0 Å². The van der Waals surface area contributed by atoms with Gasteiger partial charge in [0.1, 0.15) is 0 Å². The third-order valence-corrected chi connectivity index (χ3v) is 3.24. The summed E-state index contributed by atoms with van der Waals surface area (Å²) in [6, 6.07) is 1.47. The van der Waals surface area contributed by atoms with Gasteiger partial charge in [-0.05, 0) is 32.9 Å². The SMILES string of the molecule is CC(O)Cn1cc(O)c(=O)cc1CN1CCCC1. The van der Waals surface area contributed by atoms with E-state index in [1.807, 2.05) is 0 Å². The average molecular weight is 252 g/mol. The molecule has 2 rings (SSSR count). The predicted octanol–water partition coefficient (Wildman–Crippen LogP) is 0.531. The lowest BCUT2D eigenvalue weighted by Gasteiger charge is -2.20. The van der Waals surface area contributed by atoms with Crippen LogP contribution in [0.2, 0.25) is 0 Å². The molecule has 1 saturated heterocycles. The van der Waals surface area contributed by atoms with Gasteiger partial charge in [0, 0.05) is 24.8 Å². The van der Waals surface area contributed by atoms with Crippen molar-refractivity contribution >= 4 is 0 Å². The van der Waals surface area contributed by atoms with Gasteiger partial charge in [0.05, 0.1) is 12.3 Å². The van der Waals surface area contributed by atoms with E-state index in [-0.39, 0.29) is 11.2 Å². The van der Waals surface area contributed by atoms with Gasteiger partial charge in [-0.3, -0.25) is 9.69 Å². The highest BCUT2D eigenvalue weighted by Crippen LogP contribution is 2.14. The van der Waals surface area contributed by atoms with Crippen molar-refractivity contribution in [2.45, 2.75) is 39.0 Å². The van der Waals surface area contributed by atoms with E-state index in [4.69, 9.17) is 0 Å². The van der Waals surface area contributed by atoms with Crippen LogP contribution in [-0.4, -0.2) is 38.9 Å². The smallest absolute Gasteiger partial charge is 0.223 e. The molecule has 0 aliphatic carbocycles. The summed E-state index contributed by atoms with van der Waals surface area (Å²) >= 11 is 0. The molecule has 0 saturated carbocycles. The first kappa shape index (κ1) is 13.1. The van der Waals surface area contributed by atoms with Crippen LogP contribution in [0.25, 0.3) is 0 Å². The molecule has 1 aromatic heterocycles. The van der Waals surface area contributed by atoms with Gasteiger partial charge in [-0.2, -0.15) is 0 Å². The Hall–Kier alpha value is -1.33. The molecule has 1 aliphatic rings. The van der Waals surface area contributed by atoms with Crippen LogP contribution in [0.3, 0.4) is 0 Å². The Bertz CT molecular complexity index is 462. The first-order valence-corrected chi connectivity index (χ1v) is 6.39. The largest absolute Gasteiger partial charge is 0.503 e. The molecule has 0 radical (unpaired) electrons. The molecule has 5 heteroatoms. The van der Waals surface area contributed by atoms with Gasteiger partial charge < -0.3 is 14.8 Å². The van der Waals surface area contributed by atoms with Crippen molar-refractivity contribution in [3.63, 3.8) is 0 Å². The minimum atomic E-state index is -0.510. The highest BCUT2D eigenvalue weighted by molar-refractivity contribution is 5.20. The molecule has 1 aliphatic heterocycles. The lowest BCUT2D eigenvalue weighted by atomic mass is 10.2. The Kier molecular flexibility index (Phi) is 4.04. The number of likely N-dealkylation sites (tertiary alicyclic amines) is 1. The second-order valence-electron chi connectivity index (χ2n) is 5.00. The zero-order valence-corrected chi connectivity index (χ0v) is 10.7. The van der Waals surface area contributed by atoms with Gasteiger partial charge in [0.15, 0.2) is 5.75 Å². The fourth-order valence-corrected chi connectivity index (χ4v) is 2.36. The van der Waals surface area contributed by atoms with Crippen molar-refractivity contribution in [1.29, 1.82) is 0 Å². The average Bonchev–Trinajstić information content (AvgIpc) is 2.77. The molecule has 0 amide bonds. The third kappa shape index (κ3) is 3.11. The minimum absolute atomic E-state index is 0.263. The Morgan fingerprint density at radius 3 is 2.67 bits per heavy atom. The Morgan fingerprint density at radius 2 is 2.06 bits per heavy atom. The lowest BCUT2D eigenvalue weighted by Crippen LogP contribution is -2.25. The van der Waals surface area contributed by atoms with E-state index in [9.17, 15) is 15.0 Å². The summed E-state index contributed by atoms with van der Waals surface area (Å²) < 4.78 is 1.76. The Balaban J connectivity index is 2.24. The Morgan fingerprint density at radius 1 is 1.39 bits per heavy atom. The summed E-state index contributed by atoms with van der Waals surface area (Å²) in [4.78, 5) is 13.8. The van der Waals surface area contributed by atoms with Crippen molar-refractivity contribution in [3.05, 3.63) is 28.2 Å². The van der Waals surface area contributed by atoms with Crippen LogP contribution in [-0.2, 0) is 13.1 Å². The minimum Gasteiger partial charge on any atom is -0.503 e. The molecule has 1 unspecified atom stereocenters. The number of aromatic hydroxyl groups is 1. The van der Waals surface area contributed by atoms with Crippen LogP contribution in [0.4, 0.5) is 0 Å². The molecule has 18 heavy (non-hydrogen) atoms. The van der Waals surface area contributed by atoms with Crippen molar-refractivity contribution in [2.24, 2.45) is 0 Å². The first-order chi connectivity index (χ1) is 8.56. The lowest BCUT2D eigenvalue weighted by molar-refractivity contribution is 0.170. The van der Waals surface area contributed by atoms with Crippen molar-refractivity contribution in [3.8, 4) is 5.75 Å². The summed E-state index contributed by atoms with van der Waals surface area (Å²) in [7, 11) is 0. The highest BCUT2D eigenvalue weighted by Gasteiger charge is 2.15. The van der Waals surface area contributed by atoms with Crippen molar-refractivity contribution < 1.29 is 10.2 Å². The van der Waals surface area contributed by atoms with E-state index in [1.165, 1.54) is 25.1 Å². The maximum absolute atomic E-state index is 11.5. The molecule has 2 heterocycles. The molecule has 2 N–H and O–H groups in total. The third-order valence-electron chi connectivity index (χ3n) is 3.24. The summed E-state index contributed by atoms with van der Waals surface area (Å²) in [6.07, 6.45) is 3.29. The number of pyridine rings is 1. The standard InChI is InChI=1S/C13H20N2O3/c1-10(16)7-15-9-13(18)12(17)6-11(15)8-14-4-2-3-5-14/h6,9-10,16,18H,2-5,7-8H2,1H3. The Labute approximate surface area is 106 Å². The molecular formula is C13H20N2O3. The van der Waals surface area contributed by atoms with Gasteiger partial charge in [-0.25, -0.2) is 0 Å². The molecule has 1 atom stereocenters. The normalized spacial score (nSPS) is 18.1. The highest BCUT2D eigenvalue weighted by atomic mass is 16.3. The number of aliphatic hydroxyl groups is 1. The van der Waals surface area contributed by atoms with Crippen molar-refractivity contribution in [2.75, 3.05) is 13.1 Å². The van der Waals surface area contributed by atoms with Crippen LogP contribution >= 0.6 is 0 Å². The second kappa shape index (κ2) is 5.54. The number of rotatable bonds is 4. The van der Waals surface area contributed by atoms with Crippen molar-refractivity contribution in [1.82, 2.24) is 9.47 Å². The van der Waals surface area contributed by atoms with Gasteiger partial charge in [0.2, 0.25) is 5.43 Å². The predicted molar refractivity (Wildman–Crippen MR) is 68.6 cm³/mol. The monoisotopic (exact) mass is 252 g/mol. The molecular weight excluding hydrogens is 232 g/mol.